The fraction of sp³-hybridized carbons (Fsp3) is 0.333. The second kappa shape index (κ2) is 4.09. The predicted molar refractivity (Wildman–Crippen MR) is 58.3 cm³/mol. The van der Waals surface area contributed by atoms with E-state index in [-0.39, 0.29) is 0 Å². The molecule has 0 aliphatic carbocycles. The van der Waals surface area contributed by atoms with Gasteiger partial charge in [-0.2, -0.15) is 0 Å². The lowest BCUT2D eigenvalue weighted by molar-refractivity contribution is 0.411. The van der Waals surface area contributed by atoms with E-state index in [1.54, 1.807) is 7.11 Å². The Hall–Kier alpha value is -0.290. The van der Waals surface area contributed by atoms with Crippen molar-refractivity contribution in [1.82, 2.24) is 0 Å². The molecule has 0 heterocycles. The molecule has 0 fully saturated rings. The van der Waals surface area contributed by atoms with Gasteiger partial charge in [-0.05, 0) is 52.8 Å². The number of rotatable bonds is 2. The Morgan fingerprint density at radius 2 is 2.17 bits per heavy atom. The van der Waals surface area contributed by atoms with Gasteiger partial charge in [-0.1, -0.05) is 0 Å². The summed E-state index contributed by atoms with van der Waals surface area (Å²) in [5.41, 5.74) is 7.94. The van der Waals surface area contributed by atoms with Gasteiger partial charge < -0.3 is 10.5 Å². The standard InChI is InChI=1S/C9H12INO/c1-6-3-8(10)9(12-2)4-7(6)5-11/h3-4H,5,11H2,1-2H3. The Kier molecular flexibility index (Phi) is 3.34. The average Bonchev–Trinajstić information content (AvgIpc) is 2.05. The summed E-state index contributed by atoms with van der Waals surface area (Å²) in [5.74, 6) is 0.904. The molecule has 0 aliphatic heterocycles. The monoisotopic (exact) mass is 277 g/mol. The van der Waals surface area contributed by atoms with Gasteiger partial charge in [0.1, 0.15) is 5.75 Å². The molecule has 0 bridgehead atoms. The lowest BCUT2D eigenvalue weighted by Gasteiger charge is -2.08. The van der Waals surface area contributed by atoms with Crippen LogP contribution in [-0.2, 0) is 6.54 Å². The molecule has 0 amide bonds. The third-order valence-electron chi connectivity index (χ3n) is 1.83. The Morgan fingerprint density at radius 3 is 2.67 bits per heavy atom. The third-order valence-corrected chi connectivity index (χ3v) is 2.67. The summed E-state index contributed by atoms with van der Waals surface area (Å²) in [6.45, 7) is 2.63. The maximum absolute atomic E-state index is 5.57. The van der Waals surface area contributed by atoms with Gasteiger partial charge in [-0.25, -0.2) is 0 Å². The van der Waals surface area contributed by atoms with E-state index < -0.39 is 0 Å². The summed E-state index contributed by atoms with van der Waals surface area (Å²) >= 11 is 2.25. The highest BCUT2D eigenvalue weighted by molar-refractivity contribution is 14.1. The zero-order valence-corrected chi connectivity index (χ0v) is 9.38. The van der Waals surface area contributed by atoms with Crippen LogP contribution in [0.15, 0.2) is 12.1 Å². The van der Waals surface area contributed by atoms with Crippen LogP contribution in [0.3, 0.4) is 0 Å². The van der Waals surface area contributed by atoms with E-state index in [0.29, 0.717) is 6.54 Å². The molecular weight excluding hydrogens is 265 g/mol. The first-order valence-electron chi connectivity index (χ1n) is 3.72. The molecule has 1 rings (SSSR count). The van der Waals surface area contributed by atoms with Crippen molar-refractivity contribution >= 4 is 22.6 Å². The minimum Gasteiger partial charge on any atom is -0.496 e. The molecule has 1 aromatic rings. The summed E-state index contributed by atoms with van der Waals surface area (Å²) in [4.78, 5) is 0. The lowest BCUT2D eigenvalue weighted by atomic mass is 10.1. The van der Waals surface area contributed by atoms with Crippen molar-refractivity contribution in [3.05, 3.63) is 26.8 Å². The number of halogens is 1. The maximum Gasteiger partial charge on any atom is 0.132 e. The van der Waals surface area contributed by atoms with Crippen LogP contribution < -0.4 is 10.5 Å². The molecule has 0 saturated carbocycles. The minimum absolute atomic E-state index is 0.569. The van der Waals surface area contributed by atoms with Crippen molar-refractivity contribution < 1.29 is 4.74 Å². The molecule has 0 atom stereocenters. The fourth-order valence-corrected chi connectivity index (χ4v) is 1.91. The summed E-state index contributed by atoms with van der Waals surface area (Å²) in [6, 6.07) is 4.08. The molecule has 0 radical (unpaired) electrons. The van der Waals surface area contributed by atoms with Crippen LogP contribution >= 0.6 is 22.6 Å². The number of ether oxygens (including phenoxy) is 1. The average molecular weight is 277 g/mol. The first kappa shape index (κ1) is 9.80. The molecular formula is C9H12INO. The quantitative estimate of drug-likeness (QED) is 0.840. The van der Waals surface area contributed by atoms with Gasteiger partial charge in [-0.3, -0.25) is 0 Å². The van der Waals surface area contributed by atoms with Crippen molar-refractivity contribution in [2.45, 2.75) is 13.5 Å². The van der Waals surface area contributed by atoms with Crippen LogP contribution in [0.1, 0.15) is 11.1 Å². The normalized spacial score (nSPS) is 10.0. The second-order valence-corrected chi connectivity index (χ2v) is 3.78. The molecule has 0 unspecified atom stereocenters. The van der Waals surface area contributed by atoms with E-state index in [1.165, 1.54) is 5.56 Å². The molecule has 3 heteroatoms. The minimum atomic E-state index is 0.569. The van der Waals surface area contributed by atoms with Crippen molar-refractivity contribution in [3.63, 3.8) is 0 Å². The van der Waals surface area contributed by atoms with E-state index in [2.05, 4.69) is 35.6 Å². The Bertz CT molecular complexity index is 261. The van der Waals surface area contributed by atoms with E-state index in [4.69, 9.17) is 10.5 Å². The third kappa shape index (κ3) is 1.90. The number of nitrogens with two attached hydrogens (primary N) is 1. The summed E-state index contributed by atoms with van der Waals surface area (Å²) in [6.07, 6.45) is 0. The van der Waals surface area contributed by atoms with Gasteiger partial charge >= 0.3 is 0 Å². The molecule has 0 aliphatic rings. The van der Waals surface area contributed by atoms with Crippen molar-refractivity contribution in [1.29, 1.82) is 0 Å². The zero-order valence-electron chi connectivity index (χ0n) is 7.23. The van der Waals surface area contributed by atoms with Gasteiger partial charge in [-0.15, -0.1) is 0 Å². The van der Waals surface area contributed by atoms with Crippen LogP contribution in [0, 0.1) is 10.5 Å². The van der Waals surface area contributed by atoms with Crippen LogP contribution in [0.25, 0.3) is 0 Å². The van der Waals surface area contributed by atoms with Crippen LogP contribution in [0.2, 0.25) is 0 Å². The number of benzene rings is 1. The highest BCUT2D eigenvalue weighted by Crippen LogP contribution is 2.24. The van der Waals surface area contributed by atoms with E-state index in [1.807, 2.05) is 6.07 Å². The van der Waals surface area contributed by atoms with Gasteiger partial charge in [0.05, 0.1) is 10.7 Å². The Balaban J connectivity index is 3.18. The van der Waals surface area contributed by atoms with Gasteiger partial charge in [0.2, 0.25) is 0 Å². The topological polar surface area (TPSA) is 35.2 Å². The highest BCUT2D eigenvalue weighted by atomic mass is 127. The molecule has 0 spiro atoms. The first-order valence-corrected chi connectivity index (χ1v) is 4.80. The largest absolute Gasteiger partial charge is 0.496 e. The van der Waals surface area contributed by atoms with Crippen molar-refractivity contribution in [2.24, 2.45) is 5.73 Å². The number of hydrogen-bond acceptors (Lipinski definition) is 2. The fourth-order valence-electron chi connectivity index (χ4n) is 1.07. The predicted octanol–water partition coefficient (Wildman–Crippen LogP) is 2.07. The molecule has 66 valence electrons. The second-order valence-electron chi connectivity index (χ2n) is 2.62. The highest BCUT2D eigenvalue weighted by Gasteiger charge is 2.03. The van der Waals surface area contributed by atoms with Gasteiger partial charge in [0.25, 0.3) is 0 Å². The Morgan fingerprint density at radius 1 is 1.50 bits per heavy atom. The molecule has 0 saturated heterocycles. The van der Waals surface area contributed by atoms with E-state index >= 15 is 0 Å². The van der Waals surface area contributed by atoms with Gasteiger partial charge in [0.15, 0.2) is 0 Å². The number of aryl methyl sites for hydroxylation is 1. The molecule has 12 heavy (non-hydrogen) atoms. The number of methoxy groups -OCH3 is 1. The zero-order chi connectivity index (χ0) is 9.14. The molecule has 0 aromatic heterocycles. The van der Waals surface area contributed by atoms with Crippen LogP contribution in [0.5, 0.6) is 5.75 Å². The molecule has 2 N–H and O–H groups in total. The SMILES string of the molecule is COc1cc(CN)c(C)cc1I. The summed E-state index contributed by atoms with van der Waals surface area (Å²) in [7, 11) is 1.67. The smallest absolute Gasteiger partial charge is 0.132 e. The number of hydrogen-bond donors (Lipinski definition) is 1. The van der Waals surface area contributed by atoms with Gasteiger partial charge in [0, 0.05) is 6.54 Å². The maximum atomic E-state index is 5.57. The molecule has 2 nitrogen and oxygen atoms in total. The molecule has 1 aromatic carbocycles. The lowest BCUT2D eigenvalue weighted by Crippen LogP contribution is -2.00. The summed E-state index contributed by atoms with van der Waals surface area (Å²) < 4.78 is 6.31. The van der Waals surface area contributed by atoms with Crippen LogP contribution in [-0.4, -0.2) is 7.11 Å². The Labute approximate surface area is 86.2 Å². The van der Waals surface area contributed by atoms with Crippen molar-refractivity contribution in [2.75, 3.05) is 7.11 Å². The first-order chi connectivity index (χ1) is 5.69. The summed E-state index contributed by atoms with van der Waals surface area (Å²) in [5, 5.41) is 0. The van der Waals surface area contributed by atoms with Crippen molar-refractivity contribution in [3.8, 4) is 5.75 Å². The van der Waals surface area contributed by atoms with Crippen LogP contribution in [0.4, 0.5) is 0 Å². The van der Waals surface area contributed by atoms with E-state index in [9.17, 15) is 0 Å². The van der Waals surface area contributed by atoms with E-state index in [0.717, 1.165) is 14.9 Å².